The first-order valence-electron chi connectivity index (χ1n) is 4.69. The van der Waals surface area contributed by atoms with Crippen LogP contribution in [0.1, 0.15) is 0 Å². The van der Waals surface area contributed by atoms with E-state index in [2.05, 4.69) is 0 Å². The summed E-state index contributed by atoms with van der Waals surface area (Å²) in [6.45, 7) is 0. The van der Waals surface area contributed by atoms with Crippen LogP contribution in [0.4, 0.5) is 34.0 Å². The Bertz CT molecular complexity index is 696. The molecule has 0 fully saturated rings. The van der Waals surface area contributed by atoms with E-state index in [0.29, 0.717) is 0 Å². The van der Waals surface area contributed by atoms with E-state index in [0.717, 1.165) is 0 Å². The fourth-order valence-corrected chi connectivity index (χ4v) is 2.84. The van der Waals surface area contributed by atoms with Crippen molar-refractivity contribution >= 4 is 14.9 Å². The average Bonchev–Trinajstić information content (AvgIpc) is 2.38. The van der Waals surface area contributed by atoms with Crippen LogP contribution in [0, 0.1) is 40.7 Å². The molecule has 0 aliphatic heterocycles. The van der Waals surface area contributed by atoms with Crippen LogP contribution in [-0.2, 0) is 17.6 Å². The van der Waals surface area contributed by atoms with E-state index in [1.807, 2.05) is 0 Å². The van der Waals surface area contributed by atoms with E-state index in [1.54, 1.807) is 0 Å². The quantitative estimate of drug-likeness (QED) is 0.324. The van der Waals surface area contributed by atoms with Crippen molar-refractivity contribution in [1.29, 1.82) is 0 Å². The van der Waals surface area contributed by atoms with Crippen molar-refractivity contribution < 1.29 is 51.7 Å². The van der Waals surface area contributed by atoms with Gasteiger partial charge < -0.3 is 0 Å². The number of halogens is 8. The number of benzene rings is 2. The summed E-state index contributed by atoms with van der Waals surface area (Å²) < 4.78 is 104. The Labute approximate surface area is 108 Å². The van der Waals surface area contributed by atoms with Crippen LogP contribution in [0.15, 0.2) is 0 Å². The molecular weight excluding hydrogens is 337 g/mol. The summed E-state index contributed by atoms with van der Waals surface area (Å²) in [5.74, 6) is -15.4. The normalized spacial score (nSPS) is 10.9. The summed E-state index contributed by atoms with van der Waals surface area (Å²) in [5, 5.41) is -3.35. The van der Waals surface area contributed by atoms with Gasteiger partial charge in [0, 0.05) is 0 Å². The fraction of sp³-hybridized carbons (Fsp3) is 0. The van der Waals surface area contributed by atoms with Gasteiger partial charge in [0.05, 0.1) is 0 Å². The Hall–Kier alpha value is -1.24. The van der Waals surface area contributed by atoms with Gasteiger partial charge in [-0.3, -0.25) is 0 Å². The molecule has 19 heavy (non-hydrogen) atoms. The third-order valence-corrected chi connectivity index (χ3v) is 4.43. The van der Waals surface area contributed by atoms with Crippen molar-refractivity contribution in [1.82, 2.24) is 0 Å². The first-order chi connectivity index (χ1) is 8.82. The Morgan fingerprint density at radius 1 is 0.474 bits per heavy atom. The Balaban J connectivity index is 3.18. The summed E-state index contributed by atoms with van der Waals surface area (Å²) in [6.07, 6.45) is 0. The second-order valence-corrected chi connectivity index (χ2v) is 5.60. The Morgan fingerprint density at radius 3 is 1.26 bits per heavy atom. The van der Waals surface area contributed by atoms with Gasteiger partial charge in [-0.15, -0.1) is 0 Å². The minimum atomic E-state index is -3.56. The second-order valence-electron chi connectivity index (χ2n) is 3.56. The molecule has 0 unspecified atom stereocenters. The predicted octanol–water partition coefficient (Wildman–Crippen LogP) is 3.41. The molecule has 0 heterocycles. The zero-order valence-electron chi connectivity index (χ0n) is 8.73. The van der Waals surface area contributed by atoms with Gasteiger partial charge in [-0.05, 0) is 0 Å². The van der Waals surface area contributed by atoms with E-state index < -0.39 is 73.3 Å². The van der Waals surface area contributed by atoms with Crippen molar-refractivity contribution in [3.8, 4) is 0 Å². The molecule has 0 aromatic heterocycles. The van der Waals surface area contributed by atoms with Gasteiger partial charge in [0.1, 0.15) is 0 Å². The molecule has 0 atom stereocenters. The Morgan fingerprint density at radius 2 is 0.842 bits per heavy atom. The van der Waals surface area contributed by atoms with Crippen LogP contribution < -0.4 is 4.16 Å². The van der Waals surface area contributed by atoms with Crippen LogP contribution in [0.5, 0.6) is 0 Å². The van der Waals surface area contributed by atoms with E-state index in [4.69, 9.17) is 0 Å². The molecule has 0 N–H and O–H groups in total. The second kappa shape index (κ2) is 4.70. The van der Waals surface area contributed by atoms with Gasteiger partial charge in [0.25, 0.3) is 0 Å². The van der Waals surface area contributed by atoms with Gasteiger partial charge in [-0.2, -0.15) is 0 Å². The summed E-state index contributed by atoms with van der Waals surface area (Å²) in [4.78, 5) is 0. The molecule has 0 saturated carbocycles. The van der Waals surface area contributed by atoms with Crippen molar-refractivity contribution in [2.24, 2.45) is 0 Å². The molecule has 0 aliphatic rings. The first-order valence-corrected chi connectivity index (χ1v) is 7.30. The average molecular weight is 337 g/mol. The molecule has 2 rings (SSSR count). The monoisotopic (exact) mass is 336 g/mol. The van der Waals surface area contributed by atoms with Crippen molar-refractivity contribution in [2.75, 3.05) is 0 Å². The molecular formula is C10F8Zn. The predicted molar refractivity (Wildman–Crippen MR) is 44.4 cm³/mol. The molecule has 9 heteroatoms. The van der Waals surface area contributed by atoms with Crippen molar-refractivity contribution in [3.63, 3.8) is 0 Å². The van der Waals surface area contributed by atoms with E-state index >= 15 is 0 Å². The third-order valence-electron chi connectivity index (χ3n) is 2.56. The van der Waals surface area contributed by atoms with E-state index in [9.17, 15) is 34.0 Å². The maximum absolute atomic E-state index is 13.6. The molecule has 0 saturated heterocycles. The molecule has 0 spiro atoms. The topological polar surface area (TPSA) is 0 Å². The zero-order valence-corrected chi connectivity index (χ0v) is 11.7. The van der Waals surface area contributed by atoms with Crippen LogP contribution in [-0.4, -0.2) is 0 Å². The summed E-state index contributed by atoms with van der Waals surface area (Å²) in [7, 11) is 0. The molecule has 2 aromatic rings. The number of hydrogen-bond acceptors (Lipinski definition) is 0. The van der Waals surface area contributed by atoms with Crippen LogP contribution in [0.25, 0.3) is 10.8 Å². The summed E-state index contributed by atoms with van der Waals surface area (Å²) >= 11 is -3.56. The SMILES string of the molecule is [F][Zn][c]1c(F)c(F)c2c(F)c(F)c(F)c(F)c2c1F. The standard InChI is InChI=1S/C10F7.FH.Zn/c11-2-1-3(12)6(13)5-4(2)7(14)9(16)10(17)8(5)15;;/h;1H;/q;;+1/p-1. The van der Waals surface area contributed by atoms with Gasteiger partial charge >= 0.3 is 107 Å². The molecule has 0 nitrogen and oxygen atoms in total. The summed E-state index contributed by atoms with van der Waals surface area (Å²) in [5.41, 5.74) is 0. The molecule has 98 valence electrons. The molecule has 0 aliphatic carbocycles. The minimum absolute atomic E-state index is 1.35. The van der Waals surface area contributed by atoms with Gasteiger partial charge in [-0.25, -0.2) is 0 Å². The Kier molecular flexibility index (Phi) is 3.51. The molecule has 0 amide bonds. The molecule has 0 bridgehead atoms. The van der Waals surface area contributed by atoms with Gasteiger partial charge in [-0.1, -0.05) is 0 Å². The van der Waals surface area contributed by atoms with Gasteiger partial charge in [0.2, 0.25) is 0 Å². The molecule has 2 aromatic carbocycles. The third kappa shape index (κ3) is 1.82. The summed E-state index contributed by atoms with van der Waals surface area (Å²) in [6, 6.07) is 0. The van der Waals surface area contributed by atoms with Crippen molar-refractivity contribution in [3.05, 3.63) is 40.7 Å². The van der Waals surface area contributed by atoms with Gasteiger partial charge in [0.15, 0.2) is 0 Å². The number of hydrogen-bond donors (Lipinski definition) is 0. The fourth-order valence-electron chi connectivity index (χ4n) is 1.65. The van der Waals surface area contributed by atoms with Crippen molar-refractivity contribution in [2.45, 2.75) is 0 Å². The molecule has 0 radical (unpaired) electrons. The van der Waals surface area contributed by atoms with Crippen LogP contribution in [0.3, 0.4) is 0 Å². The maximum atomic E-state index is 13.6. The number of rotatable bonds is 1. The van der Waals surface area contributed by atoms with Crippen LogP contribution >= 0.6 is 0 Å². The number of fused-ring (bicyclic) bond motifs is 1. The zero-order chi connectivity index (χ0) is 14.5. The first kappa shape index (κ1) is 14.2. The van der Waals surface area contributed by atoms with Crippen LogP contribution in [0.2, 0.25) is 0 Å². The van der Waals surface area contributed by atoms with E-state index in [1.165, 1.54) is 0 Å². The van der Waals surface area contributed by atoms with E-state index in [-0.39, 0.29) is 0 Å².